The molecule has 1 aromatic heterocycles. The molecule has 2 rings (SSSR count). The molecule has 1 heterocycles. The molecule has 2 aromatic rings. The van der Waals surface area contributed by atoms with Gasteiger partial charge >= 0.3 is 6.18 Å². The van der Waals surface area contributed by atoms with Gasteiger partial charge in [0.05, 0.1) is 21.3 Å². The van der Waals surface area contributed by atoms with Gasteiger partial charge in [-0.15, -0.1) is 11.3 Å². The van der Waals surface area contributed by atoms with Crippen molar-refractivity contribution in [3.63, 3.8) is 0 Å². The highest BCUT2D eigenvalue weighted by molar-refractivity contribution is 7.16. The van der Waals surface area contributed by atoms with Crippen molar-refractivity contribution in [2.45, 2.75) is 6.18 Å². The standard InChI is InChI=1S/C8H4F3NS/c9-8(10,11)5-1-2-7-6(3-5)12-4-13-7/h1-4H. The van der Waals surface area contributed by atoms with Gasteiger partial charge in [-0.1, -0.05) is 0 Å². The molecule has 0 saturated heterocycles. The van der Waals surface area contributed by atoms with Crippen LogP contribution in [0.3, 0.4) is 0 Å². The molecule has 13 heavy (non-hydrogen) atoms. The van der Waals surface area contributed by atoms with Crippen molar-refractivity contribution in [3.05, 3.63) is 29.3 Å². The normalized spacial score (nSPS) is 12.2. The number of aromatic nitrogens is 1. The fourth-order valence-electron chi connectivity index (χ4n) is 1.03. The lowest BCUT2D eigenvalue weighted by Gasteiger charge is -2.04. The first-order chi connectivity index (χ1) is 6.07. The van der Waals surface area contributed by atoms with Gasteiger partial charge in [0.25, 0.3) is 0 Å². The van der Waals surface area contributed by atoms with Crippen molar-refractivity contribution in [1.82, 2.24) is 4.98 Å². The largest absolute Gasteiger partial charge is 0.416 e. The van der Waals surface area contributed by atoms with Crippen LogP contribution < -0.4 is 0 Å². The number of rotatable bonds is 0. The maximum Gasteiger partial charge on any atom is 0.416 e. The second-order valence-corrected chi connectivity index (χ2v) is 3.42. The maximum absolute atomic E-state index is 12.2. The van der Waals surface area contributed by atoms with E-state index in [0.717, 1.165) is 16.8 Å². The lowest BCUT2D eigenvalue weighted by atomic mass is 10.2. The molecule has 0 N–H and O–H groups in total. The number of alkyl halides is 3. The number of benzene rings is 1. The highest BCUT2D eigenvalue weighted by Gasteiger charge is 2.30. The van der Waals surface area contributed by atoms with Crippen LogP contribution in [-0.2, 0) is 6.18 Å². The first kappa shape index (κ1) is 8.50. The Morgan fingerprint density at radius 3 is 2.69 bits per heavy atom. The SMILES string of the molecule is FC(F)(F)c1ccc2scnc2c1. The predicted octanol–water partition coefficient (Wildman–Crippen LogP) is 3.32. The van der Waals surface area contributed by atoms with Crippen molar-refractivity contribution < 1.29 is 13.2 Å². The van der Waals surface area contributed by atoms with E-state index in [0.29, 0.717) is 5.52 Å². The van der Waals surface area contributed by atoms with Crippen molar-refractivity contribution in [2.75, 3.05) is 0 Å². The van der Waals surface area contributed by atoms with Crippen LogP contribution in [0.25, 0.3) is 10.2 Å². The average Bonchev–Trinajstić information content (AvgIpc) is 2.47. The number of halogens is 3. The summed E-state index contributed by atoms with van der Waals surface area (Å²) in [5.74, 6) is 0. The summed E-state index contributed by atoms with van der Waals surface area (Å²) in [6, 6.07) is 3.57. The Morgan fingerprint density at radius 2 is 2.00 bits per heavy atom. The van der Waals surface area contributed by atoms with Crippen LogP contribution in [0.4, 0.5) is 13.2 Å². The van der Waals surface area contributed by atoms with E-state index in [2.05, 4.69) is 4.98 Å². The summed E-state index contributed by atoms with van der Waals surface area (Å²) in [5.41, 5.74) is 1.29. The summed E-state index contributed by atoms with van der Waals surface area (Å²) in [5, 5.41) is 0. The summed E-state index contributed by atoms with van der Waals surface area (Å²) >= 11 is 1.33. The highest BCUT2D eigenvalue weighted by atomic mass is 32.1. The smallest absolute Gasteiger partial charge is 0.245 e. The average molecular weight is 203 g/mol. The molecule has 0 fully saturated rings. The Morgan fingerprint density at radius 1 is 1.23 bits per heavy atom. The maximum atomic E-state index is 12.2. The zero-order valence-electron chi connectivity index (χ0n) is 6.30. The van der Waals surface area contributed by atoms with E-state index in [1.165, 1.54) is 22.9 Å². The van der Waals surface area contributed by atoms with Gasteiger partial charge in [-0.3, -0.25) is 0 Å². The van der Waals surface area contributed by atoms with Crippen LogP contribution in [0, 0.1) is 0 Å². The lowest BCUT2D eigenvalue weighted by molar-refractivity contribution is -0.137. The minimum absolute atomic E-state index is 0.403. The third-order valence-corrected chi connectivity index (χ3v) is 2.47. The van der Waals surface area contributed by atoms with Crippen molar-refractivity contribution in [1.29, 1.82) is 0 Å². The molecule has 0 amide bonds. The molecule has 0 radical (unpaired) electrons. The van der Waals surface area contributed by atoms with E-state index in [9.17, 15) is 13.2 Å². The van der Waals surface area contributed by atoms with Crippen molar-refractivity contribution in [2.24, 2.45) is 0 Å². The molecule has 0 aliphatic heterocycles. The number of thiazole rings is 1. The predicted molar refractivity (Wildman–Crippen MR) is 44.6 cm³/mol. The van der Waals surface area contributed by atoms with E-state index in [1.807, 2.05) is 0 Å². The molecule has 0 saturated carbocycles. The molecule has 0 aliphatic rings. The third kappa shape index (κ3) is 1.51. The van der Waals surface area contributed by atoms with Crippen molar-refractivity contribution in [3.8, 4) is 0 Å². The fourth-order valence-corrected chi connectivity index (χ4v) is 1.69. The first-order valence-corrected chi connectivity index (χ1v) is 4.36. The summed E-state index contributed by atoms with van der Waals surface area (Å²) in [6.45, 7) is 0. The second-order valence-electron chi connectivity index (χ2n) is 2.53. The van der Waals surface area contributed by atoms with Gasteiger partial charge in [0.2, 0.25) is 0 Å². The second kappa shape index (κ2) is 2.70. The molecule has 0 atom stereocenters. The van der Waals surface area contributed by atoms with E-state index < -0.39 is 11.7 Å². The molecule has 0 unspecified atom stereocenters. The quantitative estimate of drug-likeness (QED) is 0.640. The monoisotopic (exact) mass is 203 g/mol. The van der Waals surface area contributed by atoms with Crippen LogP contribution in [0.2, 0.25) is 0 Å². The minimum Gasteiger partial charge on any atom is -0.245 e. The van der Waals surface area contributed by atoms with E-state index >= 15 is 0 Å². The number of hydrogen-bond donors (Lipinski definition) is 0. The summed E-state index contributed by atoms with van der Waals surface area (Å²) in [4.78, 5) is 3.81. The summed E-state index contributed by atoms with van der Waals surface area (Å²) in [7, 11) is 0. The van der Waals surface area contributed by atoms with Crippen LogP contribution in [0.15, 0.2) is 23.7 Å². The third-order valence-electron chi connectivity index (χ3n) is 1.66. The van der Waals surface area contributed by atoms with Crippen LogP contribution in [0.1, 0.15) is 5.56 Å². The topological polar surface area (TPSA) is 12.9 Å². The fraction of sp³-hybridized carbons (Fsp3) is 0.125. The Balaban J connectivity index is 2.61. The molecular formula is C8H4F3NS. The molecule has 0 aliphatic carbocycles. The number of nitrogens with zero attached hydrogens (tertiary/aromatic N) is 1. The molecular weight excluding hydrogens is 199 g/mol. The van der Waals surface area contributed by atoms with Gasteiger partial charge in [-0.25, -0.2) is 4.98 Å². The zero-order chi connectivity index (χ0) is 9.47. The molecule has 1 aromatic carbocycles. The van der Waals surface area contributed by atoms with Gasteiger partial charge in [0.15, 0.2) is 0 Å². The van der Waals surface area contributed by atoms with Crippen LogP contribution in [0.5, 0.6) is 0 Å². The van der Waals surface area contributed by atoms with Crippen molar-refractivity contribution >= 4 is 21.6 Å². The molecule has 0 spiro atoms. The van der Waals surface area contributed by atoms with Gasteiger partial charge in [-0.05, 0) is 18.2 Å². The lowest BCUT2D eigenvalue weighted by Crippen LogP contribution is -2.03. The molecule has 0 bridgehead atoms. The molecule has 1 nitrogen and oxygen atoms in total. The molecule has 68 valence electrons. The first-order valence-electron chi connectivity index (χ1n) is 3.48. The van der Waals surface area contributed by atoms with Gasteiger partial charge in [0, 0.05) is 0 Å². The van der Waals surface area contributed by atoms with Gasteiger partial charge in [0.1, 0.15) is 0 Å². The Hall–Kier alpha value is -1.10. The highest BCUT2D eigenvalue weighted by Crippen LogP contribution is 2.31. The van der Waals surface area contributed by atoms with Crippen LogP contribution >= 0.6 is 11.3 Å². The minimum atomic E-state index is -4.28. The zero-order valence-corrected chi connectivity index (χ0v) is 7.12. The Labute approximate surface area is 75.8 Å². The number of fused-ring (bicyclic) bond motifs is 1. The van der Waals surface area contributed by atoms with Crippen LogP contribution in [-0.4, -0.2) is 4.98 Å². The van der Waals surface area contributed by atoms with E-state index in [4.69, 9.17) is 0 Å². The summed E-state index contributed by atoms with van der Waals surface area (Å²) < 4.78 is 37.4. The van der Waals surface area contributed by atoms with Gasteiger partial charge in [-0.2, -0.15) is 13.2 Å². The number of hydrogen-bond acceptors (Lipinski definition) is 2. The van der Waals surface area contributed by atoms with E-state index in [1.54, 1.807) is 0 Å². The van der Waals surface area contributed by atoms with E-state index in [-0.39, 0.29) is 0 Å². The van der Waals surface area contributed by atoms with Gasteiger partial charge < -0.3 is 0 Å². The Kier molecular flexibility index (Phi) is 1.76. The molecule has 5 heteroatoms. The Bertz CT molecular complexity index is 432. The summed E-state index contributed by atoms with van der Waals surface area (Å²) in [6.07, 6.45) is -4.28.